The molecule has 5 nitrogen and oxygen atoms in total. The van der Waals surface area contributed by atoms with Crippen LogP contribution in [0.5, 0.6) is 5.75 Å². The second-order valence-corrected chi connectivity index (χ2v) is 6.75. The number of morpholine rings is 1. The first-order valence-corrected chi connectivity index (χ1v) is 8.96. The van der Waals surface area contributed by atoms with Gasteiger partial charge in [0.1, 0.15) is 11.8 Å². The van der Waals surface area contributed by atoms with E-state index in [1.54, 1.807) is 7.11 Å². The van der Waals surface area contributed by atoms with Gasteiger partial charge < -0.3 is 14.8 Å². The number of amides is 1. The van der Waals surface area contributed by atoms with Gasteiger partial charge in [0.25, 0.3) is 0 Å². The van der Waals surface area contributed by atoms with Crippen molar-refractivity contribution in [1.29, 1.82) is 0 Å². The van der Waals surface area contributed by atoms with Gasteiger partial charge in [-0.1, -0.05) is 36.4 Å². The highest BCUT2D eigenvalue weighted by atomic mass is 16.5. The van der Waals surface area contributed by atoms with Crippen molar-refractivity contribution in [2.75, 3.05) is 25.5 Å². The second kappa shape index (κ2) is 8.34. The summed E-state index contributed by atoms with van der Waals surface area (Å²) < 4.78 is 11.1. The Morgan fingerprint density at radius 1 is 1.12 bits per heavy atom. The highest BCUT2D eigenvalue weighted by Gasteiger charge is 2.33. The van der Waals surface area contributed by atoms with E-state index in [2.05, 4.69) is 10.2 Å². The van der Waals surface area contributed by atoms with Crippen LogP contribution in [0.2, 0.25) is 0 Å². The van der Waals surface area contributed by atoms with Gasteiger partial charge in [-0.3, -0.25) is 9.69 Å². The molecule has 0 unspecified atom stereocenters. The molecule has 26 heavy (non-hydrogen) atoms. The summed E-state index contributed by atoms with van der Waals surface area (Å²) in [4.78, 5) is 15.4. The van der Waals surface area contributed by atoms with Gasteiger partial charge in [0.15, 0.2) is 0 Å². The number of methoxy groups -OCH3 is 1. The van der Waals surface area contributed by atoms with Crippen molar-refractivity contribution < 1.29 is 14.3 Å². The summed E-state index contributed by atoms with van der Waals surface area (Å²) >= 11 is 0. The van der Waals surface area contributed by atoms with E-state index in [-0.39, 0.29) is 24.2 Å². The molecule has 2 aromatic carbocycles. The molecule has 1 heterocycles. The standard InChI is InChI=1S/C21H26N2O3/c1-15-13-23(14-16(2)26-15)20(17-8-5-4-6-9-17)21(24)22-18-10-7-11-19(12-18)25-3/h4-12,15-16,20H,13-14H2,1-3H3,(H,22,24)/t15-,16-,20+/m0/s1. The predicted molar refractivity (Wildman–Crippen MR) is 102 cm³/mol. The molecular formula is C21H26N2O3. The first-order valence-electron chi connectivity index (χ1n) is 8.96. The number of carbonyl (C=O) groups excluding carboxylic acids is 1. The summed E-state index contributed by atoms with van der Waals surface area (Å²) in [7, 11) is 1.62. The summed E-state index contributed by atoms with van der Waals surface area (Å²) in [6.07, 6.45) is 0.184. The minimum Gasteiger partial charge on any atom is -0.497 e. The van der Waals surface area contributed by atoms with E-state index in [9.17, 15) is 4.79 Å². The lowest BCUT2D eigenvalue weighted by molar-refractivity contribution is -0.128. The number of rotatable bonds is 5. The Kier molecular flexibility index (Phi) is 5.91. The Balaban J connectivity index is 1.86. The highest BCUT2D eigenvalue weighted by molar-refractivity contribution is 5.95. The predicted octanol–water partition coefficient (Wildman–Crippen LogP) is 3.48. The average molecular weight is 354 g/mol. The maximum atomic E-state index is 13.2. The van der Waals surface area contributed by atoms with Crippen LogP contribution < -0.4 is 10.1 Å². The summed E-state index contributed by atoms with van der Waals surface area (Å²) in [5.74, 6) is 0.665. The van der Waals surface area contributed by atoms with Crippen molar-refractivity contribution in [2.24, 2.45) is 0 Å². The van der Waals surface area contributed by atoms with E-state index < -0.39 is 0 Å². The summed E-state index contributed by atoms with van der Waals surface area (Å²) in [6, 6.07) is 16.9. The van der Waals surface area contributed by atoms with Gasteiger partial charge in [-0.15, -0.1) is 0 Å². The van der Waals surface area contributed by atoms with Crippen LogP contribution in [0.4, 0.5) is 5.69 Å². The van der Waals surface area contributed by atoms with E-state index in [0.29, 0.717) is 5.75 Å². The molecule has 1 fully saturated rings. The molecule has 5 heteroatoms. The van der Waals surface area contributed by atoms with Gasteiger partial charge in [0, 0.05) is 24.8 Å². The molecule has 0 bridgehead atoms. The van der Waals surface area contributed by atoms with E-state index in [4.69, 9.17) is 9.47 Å². The number of nitrogens with one attached hydrogen (secondary N) is 1. The van der Waals surface area contributed by atoms with Crippen LogP contribution in [0, 0.1) is 0 Å². The molecule has 0 spiro atoms. The third kappa shape index (κ3) is 4.42. The molecular weight excluding hydrogens is 328 g/mol. The number of ether oxygens (including phenoxy) is 2. The molecule has 0 saturated carbocycles. The Hall–Kier alpha value is -2.37. The molecule has 1 aliphatic rings. The zero-order chi connectivity index (χ0) is 18.5. The Morgan fingerprint density at radius 2 is 1.81 bits per heavy atom. The molecule has 0 aliphatic carbocycles. The molecule has 1 amide bonds. The lowest BCUT2D eigenvalue weighted by Gasteiger charge is -2.39. The van der Waals surface area contributed by atoms with Crippen molar-refractivity contribution in [3.63, 3.8) is 0 Å². The van der Waals surface area contributed by atoms with Gasteiger partial charge in [-0.2, -0.15) is 0 Å². The Labute approximate surface area is 154 Å². The molecule has 1 saturated heterocycles. The topological polar surface area (TPSA) is 50.8 Å². The zero-order valence-corrected chi connectivity index (χ0v) is 15.5. The minimum atomic E-state index is -0.365. The quantitative estimate of drug-likeness (QED) is 0.893. The second-order valence-electron chi connectivity index (χ2n) is 6.75. The van der Waals surface area contributed by atoms with Crippen LogP contribution >= 0.6 is 0 Å². The summed E-state index contributed by atoms with van der Waals surface area (Å²) in [5, 5.41) is 3.04. The fourth-order valence-electron chi connectivity index (χ4n) is 3.50. The molecule has 1 N–H and O–H groups in total. The fraction of sp³-hybridized carbons (Fsp3) is 0.381. The van der Waals surface area contributed by atoms with E-state index in [0.717, 1.165) is 24.3 Å². The number of hydrogen-bond donors (Lipinski definition) is 1. The van der Waals surface area contributed by atoms with E-state index in [1.807, 2.05) is 68.4 Å². The number of hydrogen-bond acceptors (Lipinski definition) is 4. The first-order chi connectivity index (χ1) is 12.6. The van der Waals surface area contributed by atoms with Crippen LogP contribution in [0.15, 0.2) is 54.6 Å². The molecule has 2 aromatic rings. The number of nitrogens with zero attached hydrogens (tertiary/aromatic N) is 1. The fourth-order valence-corrected chi connectivity index (χ4v) is 3.50. The van der Waals surface area contributed by atoms with Gasteiger partial charge in [-0.05, 0) is 31.5 Å². The third-order valence-electron chi connectivity index (χ3n) is 4.51. The molecule has 1 aliphatic heterocycles. The van der Waals surface area contributed by atoms with Crippen LogP contribution in [0.3, 0.4) is 0 Å². The van der Waals surface area contributed by atoms with Gasteiger partial charge >= 0.3 is 0 Å². The molecule has 138 valence electrons. The maximum absolute atomic E-state index is 13.2. The minimum absolute atomic E-state index is 0.0502. The SMILES string of the molecule is COc1cccc(NC(=O)[C@@H](c2ccccc2)N2C[C@H](C)O[C@@H](C)C2)c1. The van der Waals surface area contributed by atoms with Gasteiger partial charge in [0.2, 0.25) is 5.91 Å². The van der Waals surface area contributed by atoms with Crippen molar-refractivity contribution in [1.82, 2.24) is 4.90 Å². The maximum Gasteiger partial charge on any atom is 0.246 e. The molecule has 0 radical (unpaired) electrons. The lowest BCUT2D eigenvalue weighted by atomic mass is 10.0. The molecule has 3 rings (SSSR count). The van der Waals surface area contributed by atoms with Crippen LogP contribution in [0.1, 0.15) is 25.5 Å². The summed E-state index contributed by atoms with van der Waals surface area (Å²) in [5.41, 5.74) is 1.71. The number of carbonyl (C=O) groups is 1. The van der Waals surface area contributed by atoms with Crippen LogP contribution in [0.25, 0.3) is 0 Å². The van der Waals surface area contributed by atoms with Gasteiger partial charge in [-0.25, -0.2) is 0 Å². The van der Waals surface area contributed by atoms with Crippen LogP contribution in [-0.2, 0) is 9.53 Å². The smallest absolute Gasteiger partial charge is 0.246 e. The Bertz CT molecular complexity index is 725. The van der Waals surface area contributed by atoms with Crippen LogP contribution in [-0.4, -0.2) is 43.2 Å². The Morgan fingerprint density at radius 3 is 2.46 bits per heavy atom. The van der Waals surface area contributed by atoms with E-state index in [1.165, 1.54) is 0 Å². The monoisotopic (exact) mass is 354 g/mol. The van der Waals surface area contributed by atoms with Crippen molar-refractivity contribution in [3.8, 4) is 5.75 Å². The molecule has 0 aromatic heterocycles. The summed E-state index contributed by atoms with van der Waals surface area (Å²) in [6.45, 7) is 5.53. The molecule has 3 atom stereocenters. The first kappa shape index (κ1) is 18.4. The van der Waals surface area contributed by atoms with Crippen molar-refractivity contribution >= 4 is 11.6 Å². The normalized spacial score (nSPS) is 21.8. The average Bonchev–Trinajstić information content (AvgIpc) is 2.62. The zero-order valence-electron chi connectivity index (χ0n) is 15.5. The van der Waals surface area contributed by atoms with Gasteiger partial charge in [0.05, 0.1) is 19.3 Å². The third-order valence-corrected chi connectivity index (χ3v) is 4.51. The highest BCUT2D eigenvalue weighted by Crippen LogP contribution is 2.27. The van der Waals surface area contributed by atoms with Crippen molar-refractivity contribution in [2.45, 2.75) is 32.1 Å². The van der Waals surface area contributed by atoms with Crippen molar-refractivity contribution in [3.05, 3.63) is 60.2 Å². The van der Waals surface area contributed by atoms with E-state index >= 15 is 0 Å². The largest absolute Gasteiger partial charge is 0.497 e. The number of anilines is 1. The lowest BCUT2D eigenvalue weighted by Crippen LogP contribution is -2.49. The number of benzene rings is 2.